The van der Waals surface area contributed by atoms with Crippen LogP contribution in [0, 0.1) is 18.6 Å². The van der Waals surface area contributed by atoms with Crippen LogP contribution in [0.2, 0.25) is 0 Å². The van der Waals surface area contributed by atoms with E-state index in [1.165, 1.54) is 43.2 Å². The first-order valence-corrected chi connectivity index (χ1v) is 17.5. The number of carbonyl (C=O) groups excluding carboxylic acids is 2. The van der Waals surface area contributed by atoms with Crippen LogP contribution in [0.1, 0.15) is 55.5 Å². The zero-order chi connectivity index (χ0) is 39.4. The van der Waals surface area contributed by atoms with Crippen molar-refractivity contribution in [2.75, 3.05) is 30.0 Å². The lowest BCUT2D eigenvalue weighted by atomic mass is 9.99. The van der Waals surface area contributed by atoms with Gasteiger partial charge >= 0.3 is 18.2 Å². The van der Waals surface area contributed by atoms with Crippen LogP contribution < -0.4 is 16.4 Å². The number of carboxylic acids is 1. The standard InChI is InChI=1S/C33H35F2N5O5S.C2HF3O2/c1-18(2)46(43,44)29-10-8-22(39-33(42)45-4)16-25(29)28-6-5-13-40(28)32(41)30(24-14-19(3)26(34)17-27(24)35)38-21-7-9-23-20(15-21)11-12-37-31(23)36;3-2(4,5)1(6)7/h7-12,14-18,28,30,38H,5-6,13H2,1-4H3,(H2,36,37)(H,39,42);(H,6,7)/t28-,30-;/m1./s1. The van der Waals surface area contributed by atoms with Crippen LogP contribution in [0.5, 0.6) is 0 Å². The highest BCUT2D eigenvalue weighted by Gasteiger charge is 2.39. The first kappa shape index (κ1) is 40.3. The molecule has 0 spiro atoms. The Bertz CT molecular complexity index is 2150. The summed E-state index contributed by atoms with van der Waals surface area (Å²) in [6.45, 7) is 4.85. The second-order valence-corrected chi connectivity index (χ2v) is 14.8. The van der Waals surface area contributed by atoms with Crippen LogP contribution >= 0.6 is 0 Å². The van der Waals surface area contributed by atoms with Gasteiger partial charge in [0.15, 0.2) is 9.84 Å². The van der Waals surface area contributed by atoms with Crippen molar-refractivity contribution in [3.05, 3.63) is 89.1 Å². The summed E-state index contributed by atoms with van der Waals surface area (Å²) in [5.41, 5.74) is 7.16. The predicted octanol–water partition coefficient (Wildman–Crippen LogP) is 6.91. The number of sulfone groups is 1. The van der Waals surface area contributed by atoms with Gasteiger partial charge in [-0.1, -0.05) is 0 Å². The summed E-state index contributed by atoms with van der Waals surface area (Å²) >= 11 is 0. The number of methoxy groups -OCH3 is 1. The molecule has 0 bridgehead atoms. The number of aromatic nitrogens is 1. The molecule has 2 atom stereocenters. The molecular formula is C35H36F5N5O7S. The van der Waals surface area contributed by atoms with E-state index in [0.29, 0.717) is 35.3 Å². The molecule has 0 radical (unpaired) electrons. The van der Waals surface area contributed by atoms with Crippen LogP contribution in [0.15, 0.2) is 65.7 Å². The zero-order valence-corrected chi connectivity index (χ0v) is 29.6. The van der Waals surface area contributed by atoms with Crippen LogP contribution in [0.25, 0.3) is 10.8 Å². The Balaban J connectivity index is 0.000000815. The van der Waals surface area contributed by atoms with E-state index in [9.17, 15) is 35.6 Å². The van der Waals surface area contributed by atoms with E-state index < -0.39 is 63.0 Å². The number of amides is 2. The predicted molar refractivity (Wildman–Crippen MR) is 186 cm³/mol. The lowest BCUT2D eigenvalue weighted by molar-refractivity contribution is -0.192. The average Bonchev–Trinajstić information content (AvgIpc) is 3.58. The van der Waals surface area contributed by atoms with Crippen molar-refractivity contribution in [2.24, 2.45) is 0 Å². The van der Waals surface area contributed by atoms with Crippen LogP contribution in [-0.2, 0) is 24.2 Å². The van der Waals surface area contributed by atoms with Crippen molar-refractivity contribution in [1.29, 1.82) is 0 Å². The fourth-order valence-electron chi connectivity index (χ4n) is 5.72. The number of aryl methyl sites for hydroxylation is 1. The lowest BCUT2D eigenvalue weighted by Gasteiger charge is -2.32. The molecule has 5 N–H and O–H groups in total. The number of rotatable bonds is 8. The molecule has 18 heteroatoms. The van der Waals surface area contributed by atoms with Crippen molar-refractivity contribution in [3.63, 3.8) is 0 Å². The summed E-state index contributed by atoms with van der Waals surface area (Å²) in [4.78, 5) is 41.0. The number of benzene rings is 3. The summed E-state index contributed by atoms with van der Waals surface area (Å²) in [6.07, 6.45) is -3.34. The number of anilines is 3. The maximum atomic E-state index is 15.5. The summed E-state index contributed by atoms with van der Waals surface area (Å²) in [5.74, 6) is -4.63. The number of nitrogens with zero attached hydrogens (tertiary/aromatic N) is 2. The molecule has 3 aromatic carbocycles. The number of carbonyl (C=O) groups is 3. The van der Waals surface area contributed by atoms with Crippen molar-refractivity contribution < 1.29 is 54.6 Å². The van der Waals surface area contributed by atoms with Crippen LogP contribution in [0.3, 0.4) is 0 Å². The Hall–Kier alpha value is -5.52. The van der Waals surface area contributed by atoms with Crippen LogP contribution in [-0.4, -0.2) is 66.5 Å². The van der Waals surface area contributed by atoms with Gasteiger partial charge in [-0.05, 0) is 98.7 Å². The molecule has 12 nitrogen and oxygen atoms in total. The number of likely N-dealkylation sites (tertiary alicyclic amines) is 1. The third-order valence-electron chi connectivity index (χ3n) is 8.45. The minimum atomic E-state index is -5.08. The molecule has 4 aromatic rings. The molecule has 1 aromatic heterocycles. The molecule has 2 heterocycles. The third-order valence-corrected chi connectivity index (χ3v) is 10.7. The van der Waals surface area contributed by atoms with Gasteiger partial charge in [-0.15, -0.1) is 0 Å². The molecule has 1 aliphatic rings. The second kappa shape index (κ2) is 16.0. The van der Waals surface area contributed by atoms with Crippen molar-refractivity contribution in [2.45, 2.75) is 62.0 Å². The Morgan fingerprint density at radius 1 is 1.02 bits per heavy atom. The number of nitrogens with two attached hydrogens (primary N) is 1. The van der Waals surface area contributed by atoms with Gasteiger partial charge in [0.05, 0.1) is 23.3 Å². The zero-order valence-electron chi connectivity index (χ0n) is 28.8. The van der Waals surface area contributed by atoms with Gasteiger partial charge in [0, 0.05) is 41.1 Å². The molecule has 1 saturated heterocycles. The number of hydrogen-bond donors (Lipinski definition) is 4. The minimum Gasteiger partial charge on any atom is -0.475 e. The highest BCUT2D eigenvalue weighted by molar-refractivity contribution is 7.92. The van der Waals surface area contributed by atoms with E-state index in [1.54, 1.807) is 44.3 Å². The maximum absolute atomic E-state index is 15.5. The second-order valence-electron chi connectivity index (χ2n) is 12.3. The Kier molecular flexibility index (Phi) is 12.2. The molecule has 1 fully saturated rings. The van der Waals surface area contributed by atoms with E-state index in [2.05, 4.69) is 15.6 Å². The lowest BCUT2D eigenvalue weighted by Crippen LogP contribution is -2.38. The van der Waals surface area contributed by atoms with Crippen molar-refractivity contribution in [3.8, 4) is 0 Å². The van der Waals surface area contributed by atoms with Crippen molar-refractivity contribution in [1.82, 2.24) is 9.88 Å². The van der Waals surface area contributed by atoms with Gasteiger partial charge < -0.3 is 25.8 Å². The number of nitrogen functional groups attached to an aromatic ring is 1. The highest BCUT2D eigenvalue weighted by Crippen LogP contribution is 2.40. The molecule has 0 aliphatic carbocycles. The quantitative estimate of drug-likeness (QED) is 0.138. The molecule has 284 valence electrons. The highest BCUT2D eigenvalue weighted by atomic mass is 32.2. The number of halogens is 5. The van der Waals surface area contributed by atoms with Gasteiger partial charge in [-0.25, -0.2) is 31.8 Å². The van der Waals surface area contributed by atoms with E-state index in [0.717, 1.165) is 11.5 Å². The summed E-state index contributed by atoms with van der Waals surface area (Å²) in [7, 11) is -2.62. The Morgan fingerprint density at radius 3 is 2.30 bits per heavy atom. The number of pyridine rings is 1. The summed E-state index contributed by atoms with van der Waals surface area (Å²) < 4.78 is 93.2. The molecule has 2 amide bonds. The number of ether oxygens (including phenoxy) is 1. The third kappa shape index (κ3) is 9.11. The average molecular weight is 766 g/mol. The molecule has 1 aliphatic heterocycles. The smallest absolute Gasteiger partial charge is 0.475 e. The number of nitrogens with one attached hydrogen (secondary N) is 2. The number of hydrogen-bond acceptors (Lipinski definition) is 9. The molecular weight excluding hydrogens is 729 g/mol. The fraction of sp³-hybridized carbons (Fsp3) is 0.314. The Morgan fingerprint density at radius 2 is 1.68 bits per heavy atom. The van der Waals surface area contributed by atoms with Gasteiger partial charge in [-0.2, -0.15) is 13.2 Å². The minimum absolute atomic E-state index is 0.0247. The molecule has 0 saturated carbocycles. The van der Waals surface area contributed by atoms with Crippen molar-refractivity contribution >= 4 is 55.8 Å². The van der Waals surface area contributed by atoms with E-state index >= 15 is 4.39 Å². The van der Waals surface area contributed by atoms with E-state index in [4.69, 9.17) is 20.4 Å². The first-order chi connectivity index (χ1) is 24.8. The summed E-state index contributed by atoms with van der Waals surface area (Å²) in [5, 5.41) is 13.5. The number of aliphatic carboxylic acids is 1. The van der Waals surface area contributed by atoms with E-state index in [1.807, 2.05) is 0 Å². The first-order valence-electron chi connectivity index (χ1n) is 16.0. The SMILES string of the molecule is COC(=O)Nc1ccc(S(=O)(=O)C(C)C)c([C@H]2CCCN2C(=O)[C@H](Nc2ccc3c(N)nccc3c2)c2cc(C)c(F)cc2F)c1.O=C(O)C(F)(F)F. The van der Waals surface area contributed by atoms with E-state index in [-0.39, 0.29) is 28.3 Å². The summed E-state index contributed by atoms with van der Waals surface area (Å²) in [6, 6.07) is 11.3. The van der Waals surface area contributed by atoms with Gasteiger partial charge in [-0.3, -0.25) is 10.1 Å². The van der Waals surface area contributed by atoms with Gasteiger partial charge in [0.2, 0.25) is 5.91 Å². The molecule has 53 heavy (non-hydrogen) atoms. The number of alkyl halides is 3. The topological polar surface area (TPSA) is 181 Å². The number of carboxylic acid groups (broad SMARTS) is 1. The normalized spacial score (nSPS) is 15.1. The number of fused-ring (bicyclic) bond motifs is 1. The largest absolute Gasteiger partial charge is 0.490 e. The Labute approximate surface area is 301 Å². The van der Waals surface area contributed by atoms with Gasteiger partial charge in [0.1, 0.15) is 23.5 Å². The van der Waals surface area contributed by atoms with Gasteiger partial charge in [0.25, 0.3) is 0 Å². The molecule has 0 unspecified atom stereocenters. The fourth-order valence-corrected chi connectivity index (χ4v) is 7.01. The molecule has 5 rings (SSSR count). The maximum Gasteiger partial charge on any atom is 0.490 e. The van der Waals surface area contributed by atoms with Crippen LogP contribution in [0.4, 0.5) is 43.9 Å². The monoisotopic (exact) mass is 765 g/mol.